The van der Waals surface area contributed by atoms with Gasteiger partial charge in [0.15, 0.2) is 5.78 Å². The minimum Gasteiger partial charge on any atom is -0.292 e. The first-order valence-corrected chi connectivity index (χ1v) is 8.22. The van der Waals surface area contributed by atoms with Gasteiger partial charge in [-0.1, -0.05) is 57.0 Å². The molecule has 0 unspecified atom stereocenters. The molecule has 0 saturated heterocycles. The third-order valence-corrected chi connectivity index (χ3v) is 3.79. The van der Waals surface area contributed by atoms with Crippen LogP contribution < -0.4 is 0 Å². The topological polar surface area (TPSA) is 34.9 Å². The number of aromatic nitrogens is 2. The number of hydrogen-bond acceptors (Lipinski definition) is 2. The number of halogens is 1. The van der Waals surface area contributed by atoms with Gasteiger partial charge in [-0.2, -0.15) is 5.10 Å². The summed E-state index contributed by atoms with van der Waals surface area (Å²) in [5.74, 6) is 0.120. The molecule has 0 bridgehead atoms. The molecule has 0 radical (unpaired) electrons. The summed E-state index contributed by atoms with van der Waals surface area (Å²) in [4.78, 5) is 12.2. The van der Waals surface area contributed by atoms with Crippen molar-refractivity contribution in [3.05, 3.63) is 16.9 Å². The molecule has 1 aromatic rings. The van der Waals surface area contributed by atoms with Gasteiger partial charge in [-0.05, 0) is 20.3 Å². The third kappa shape index (κ3) is 5.28. The quantitative estimate of drug-likeness (QED) is 0.426. The Bertz CT molecular complexity index is 413. The molecule has 0 aliphatic heterocycles. The highest BCUT2D eigenvalue weighted by atomic mass is 35.5. The Hall–Kier alpha value is -0.830. The van der Waals surface area contributed by atoms with E-state index in [4.69, 9.17) is 11.6 Å². The van der Waals surface area contributed by atoms with Crippen molar-refractivity contribution >= 4 is 17.4 Å². The molecular formula is C16H27ClN2O. The van der Waals surface area contributed by atoms with Gasteiger partial charge in [0.25, 0.3) is 0 Å². The number of Topliss-reactive ketones (excluding diaryl/α,β-unsaturated/α-hetero) is 1. The molecule has 0 aliphatic carbocycles. The van der Waals surface area contributed by atoms with Crippen molar-refractivity contribution in [1.29, 1.82) is 0 Å². The van der Waals surface area contributed by atoms with Crippen molar-refractivity contribution in [3.8, 4) is 0 Å². The molecule has 0 atom stereocenters. The zero-order chi connectivity index (χ0) is 15.0. The molecular weight excluding hydrogens is 272 g/mol. The number of ketones is 1. The van der Waals surface area contributed by atoms with Gasteiger partial charge in [0.05, 0.1) is 11.2 Å². The van der Waals surface area contributed by atoms with Gasteiger partial charge >= 0.3 is 0 Å². The van der Waals surface area contributed by atoms with Crippen LogP contribution >= 0.6 is 11.6 Å². The molecule has 1 heterocycles. The lowest BCUT2D eigenvalue weighted by atomic mass is 10.1. The van der Waals surface area contributed by atoms with Crippen molar-refractivity contribution < 1.29 is 4.79 Å². The Morgan fingerprint density at radius 1 is 1.20 bits per heavy atom. The van der Waals surface area contributed by atoms with Gasteiger partial charge in [-0.3, -0.25) is 9.48 Å². The average molecular weight is 299 g/mol. The fourth-order valence-electron chi connectivity index (χ4n) is 2.35. The van der Waals surface area contributed by atoms with E-state index in [1.807, 2.05) is 13.8 Å². The molecule has 0 fully saturated rings. The van der Waals surface area contributed by atoms with Crippen molar-refractivity contribution in [2.45, 2.75) is 78.2 Å². The molecule has 0 amide bonds. The number of unbranched alkanes of at least 4 members (excludes halogenated alkanes) is 6. The predicted molar refractivity (Wildman–Crippen MR) is 84.6 cm³/mol. The summed E-state index contributed by atoms with van der Waals surface area (Å²) < 4.78 is 1.73. The first-order valence-electron chi connectivity index (χ1n) is 7.84. The summed E-state index contributed by atoms with van der Waals surface area (Å²) >= 11 is 6.08. The summed E-state index contributed by atoms with van der Waals surface area (Å²) in [7, 11) is 0. The number of nitrogens with zero attached hydrogens (tertiary/aromatic N) is 2. The third-order valence-electron chi connectivity index (χ3n) is 3.51. The summed E-state index contributed by atoms with van der Waals surface area (Å²) in [5, 5.41) is 4.66. The maximum absolute atomic E-state index is 12.2. The lowest BCUT2D eigenvalue weighted by Gasteiger charge is -2.10. The van der Waals surface area contributed by atoms with Gasteiger partial charge in [0.2, 0.25) is 0 Å². The van der Waals surface area contributed by atoms with E-state index in [2.05, 4.69) is 12.0 Å². The van der Waals surface area contributed by atoms with Crippen LogP contribution in [0.25, 0.3) is 0 Å². The normalized spacial score (nSPS) is 11.2. The number of carbonyl (C=O) groups is 1. The SMILES string of the molecule is CCCCCCCCCC(=O)c1c(Cl)cnn1C(C)C. The Morgan fingerprint density at radius 3 is 2.40 bits per heavy atom. The van der Waals surface area contributed by atoms with E-state index >= 15 is 0 Å². The van der Waals surface area contributed by atoms with Crippen LogP contribution in [-0.4, -0.2) is 15.6 Å². The first kappa shape index (κ1) is 17.2. The first-order chi connectivity index (χ1) is 9.57. The van der Waals surface area contributed by atoms with Crippen LogP contribution in [0, 0.1) is 0 Å². The van der Waals surface area contributed by atoms with Gasteiger partial charge in [0.1, 0.15) is 5.69 Å². The largest absolute Gasteiger partial charge is 0.292 e. The van der Waals surface area contributed by atoms with Gasteiger partial charge in [0, 0.05) is 12.5 Å². The van der Waals surface area contributed by atoms with Crippen molar-refractivity contribution in [1.82, 2.24) is 9.78 Å². The van der Waals surface area contributed by atoms with Crippen molar-refractivity contribution in [2.24, 2.45) is 0 Å². The molecule has 1 aromatic heterocycles. The molecule has 0 saturated carbocycles. The van der Waals surface area contributed by atoms with Gasteiger partial charge < -0.3 is 0 Å². The van der Waals surface area contributed by atoms with E-state index in [9.17, 15) is 4.79 Å². The van der Waals surface area contributed by atoms with Gasteiger partial charge in [-0.15, -0.1) is 0 Å². The molecule has 0 N–H and O–H groups in total. The van der Waals surface area contributed by atoms with Crippen molar-refractivity contribution in [2.75, 3.05) is 0 Å². The zero-order valence-electron chi connectivity index (χ0n) is 13.0. The van der Waals surface area contributed by atoms with Crippen LogP contribution in [-0.2, 0) is 0 Å². The smallest absolute Gasteiger partial charge is 0.182 e. The molecule has 0 aliphatic rings. The van der Waals surface area contributed by atoms with Crippen LogP contribution in [0.15, 0.2) is 6.20 Å². The van der Waals surface area contributed by atoms with Crippen molar-refractivity contribution in [3.63, 3.8) is 0 Å². The summed E-state index contributed by atoms with van der Waals surface area (Å²) in [6.07, 6.45) is 10.6. The van der Waals surface area contributed by atoms with E-state index in [-0.39, 0.29) is 11.8 Å². The number of rotatable bonds is 10. The lowest BCUT2D eigenvalue weighted by molar-refractivity contribution is 0.0967. The predicted octanol–water partition coefficient (Wildman–Crippen LogP) is 5.44. The maximum Gasteiger partial charge on any atom is 0.182 e. The summed E-state index contributed by atoms with van der Waals surface area (Å²) in [5.41, 5.74) is 0.577. The Balaban J connectivity index is 2.34. The zero-order valence-corrected chi connectivity index (χ0v) is 13.7. The second kappa shape index (κ2) is 9.17. The second-order valence-corrected chi connectivity index (χ2v) is 6.08. The van der Waals surface area contributed by atoms with E-state index in [1.54, 1.807) is 10.9 Å². The highest BCUT2D eigenvalue weighted by molar-refractivity contribution is 6.33. The second-order valence-electron chi connectivity index (χ2n) is 5.67. The number of hydrogen-bond donors (Lipinski definition) is 0. The Kier molecular flexibility index (Phi) is 7.90. The van der Waals surface area contributed by atoms with Crippen LogP contribution in [0.2, 0.25) is 5.02 Å². The molecule has 4 heteroatoms. The van der Waals surface area contributed by atoms with E-state index in [0.717, 1.165) is 12.8 Å². The van der Waals surface area contributed by atoms with Gasteiger partial charge in [-0.25, -0.2) is 0 Å². The highest BCUT2D eigenvalue weighted by Gasteiger charge is 2.18. The minimum absolute atomic E-state index is 0.120. The highest BCUT2D eigenvalue weighted by Crippen LogP contribution is 2.21. The van der Waals surface area contributed by atoms with E-state index < -0.39 is 0 Å². The maximum atomic E-state index is 12.2. The molecule has 1 rings (SSSR count). The Morgan fingerprint density at radius 2 is 1.80 bits per heavy atom. The molecule has 0 spiro atoms. The standard InChI is InChI=1S/C16H27ClN2O/c1-4-5-6-7-8-9-10-11-15(20)16-14(17)12-18-19(16)13(2)3/h12-13H,4-11H2,1-3H3. The summed E-state index contributed by atoms with van der Waals surface area (Å²) in [6.45, 7) is 6.24. The van der Waals surface area contributed by atoms with Crippen LogP contribution in [0.3, 0.4) is 0 Å². The molecule has 20 heavy (non-hydrogen) atoms. The molecule has 3 nitrogen and oxygen atoms in total. The monoisotopic (exact) mass is 298 g/mol. The molecule has 0 aromatic carbocycles. The average Bonchev–Trinajstić information content (AvgIpc) is 2.79. The number of carbonyl (C=O) groups excluding carboxylic acids is 1. The van der Waals surface area contributed by atoms with E-state index in [1.165, 1.54) is 32.1 Å². The summed E-state index contributed by atoms with van der Waals surface area (Å²) in [6, 6.07) is 0.162. The minimum atomic E-state index is 0.120. The fourth-order valence-corrected chi connectivity index (χ4v) is 2.59. The van der Waals surface area contributed by atoms with E-state index in [0.29, 0.717) is 17.1 Å². The Labute approximate surface area is 127 Å². The fraction of sp³-hybridized carbons (Fsp3) is 0.750. The lowest BCUT2D eigenvalue weighted by Crippen LogP contribution is -2.13. The van der Waals surface area contributed by atoms with Crippen LogP contribution in [0.1, 0.15) is 88.7 Å². The molecule has 114 valence electrons. The van der Waals surface area contributed by atoms with Crippen LogP contribution in [0.4, 0.5) is 0 Å². The van der Waals surface area contributed by atoms with Crippen LogP contribution in [0.5, 0.6) is 0 Å².